The summed E-state index contributed by atoms with van der Waals surface area (Å²) in [6.45, 7) is 3.76. The van der Waals surface area contributed by atoms with Crippen molar-refractivity contribution in [3.63, 3.8) is 0 Å². The summed E-state index contributed by atoms with van der Waals surface area (Å²) in [6, 6.07) is 0. The Labute approximate surface area is 363 Å². The van der Waals surface area contributed by atoms with Crippen molar-refractivity contribution in [2.45, 2.75) is 148 Å². The second kappa shape index (κ2) is 38.7. The minimum absolute atomic E-state index is 0.0686. The van der Waals surface area contributed by atoms with Crippen LogP contribution >= 0.6 is 7.82 Å². The monoisotopic (exact) mass is 862 g/mol. The first-order valence-corrected chi connectivity index (χ1v) is 23.6. The average Bonchev–Trinajstić information content (AvgIpc) is 3.19. The molecule has 60 heavy (non-hydrogen) atoms. The first kappa shape index (κ1) is 56.9. The maximum Gasteiger partial charge on any atom is 0.306 e. The van der Waals surface area contributed by atoms with E-state index in [1.165, 1.54) is 19.3 Å². The topological polar surface area (TPSA) is 152 Å². The van der Waals surface area contributed by atoms with Crippen LogP contribution in [0.1, 0.15) is 129 Å². The Balaban J connectivity index is 4.63. The van der Waals surface area contributed by atoms with E-state index in [9.17, 15) is 29.3 Å². The molecule has 11 nitrogen and oxygen atoms in total. The maximum absolute atomic E-state index is 12.7. The van der Waals surface area contributed by atoms with Crippen LogP contribution in [0.4, 0.5) is 0 Å². The lowest BCUT2D eigenvalue weighted by atomic mass is 10.1. The van der Waals surface area contributed by atoms with Gasteiger partial charge in [-0.25, -0.2) is 0 Å². The van der Waals surface area contributed by atoms with Crippen LogP contribution in [0.3, 0.4) is 0 Å². The van der Waals surface area contributed by atoms with Crippen LogP contribution < -0.4 is 4.89 Å². The van der Waals surface area contributed by atoms with Crippen LogP contribution in [0.5, 0.6) is 0 Å². The van der Waals surface area contributed by atoms with Gasteiger partial charge in [0.2, 0.25) is 0 Å². The van der Waals surface area contributed by atoms with Crippen LogP contribution in [0.15, 0.2) is 97.2 Å². The fourth-order valence-electron chi connectivity index (χ4n) is 5.24. The number of hydrogen-bond donors (Lipinski definition) is 2. The van der Waals surface area contributed by atoms with Crippen LogP contribution in [-0.4, -0.2) is 92.5 Å². The Morgan fingerprint density at radius 3 is 1.78 bits per heavy atom. The molecule has 342 valence electrons. The van der Waals surface area contributed by atoms with Crippen molar-refractivity contribution < 1.29 is 52.3 Å². The second-order valence-electron chi connectivity index (χ2n) is 15.7. The van der Waals surface area contributed by atoms with Crippen LogP contribution in [0, 0.1) is 0 Å². The molecular formula is C48H80NO10P. The van der Waals surface area contributed by atoms with Gasteiger partial charge in [0.1, 0.15) is 19.8 Å². The number of ether oxygens (including phenoxy) is 2. The molecule has 0 aromatic carbocycles. The van der Waals surface area contributed by atoms with Crippen LogP contribution in [0.2, 0.25) is 0 Å². The number of carbonyl (C=O) groups excluding carboxylic acids is 2. The number of carbonyl (C=O) groups is 2. The third-order valence-electron chi connectivity index (χ3n) is 8.77. The molecule has 0 amide bonds. The van der Waals surface area contributed by atoms with Gasteiger partial charge in [-0.3, -0.25) is 14.2 Å². The van der Waals surface area contributed by atoms with Gasteiger partial charge in [-0.05, 0) is 70.6 Å². The number of aliphatic hydroxyl groups is 2. The number of allylic oxidation sites excluding steroid dienone is 12. The van der Waals surface area contributed by atoms with Gasteiger partial charge in [-0.15, -0.1) is 0 Å². The molecule has 2 N–H and O–H groups in total. The number of phosphoric acid groups is 1. The van der Waals surface area contributed by atoms with E-state index in [1.807, 2.05) is 64.5 Å². The largest absolute Gasteiger partial charge is 0.756 e. The number of rotatable bonds is 38. The highest BCUT2D eigenvalue weighted by Crippen LogP contribution is 2.38. The molecule has 0 saturated carbocycles. The Hall–Kier alpha value is -3.15. The number of aliphatic hydroxyl groups excluding tert-OH is 2. The molecule has 4 atom stereocenters. The number of hydrogen-bond acceptors (Lipinski definition) is 10. The van der Waals surface area contributed by atoms with Crippen molar-refractivity contribution in [3.05, 3.63) is 97.2 Å². The first-order chi connectivity index (χ1) is 28.8. The lowest BCUT2D eigenvalue weighted by molar-refractivity contribution is -0.870. The van der Waals surface area contributed by atoms with E-state index in [4.69, 9.17) is 18.5 Å². The highest BCUT2D eigenvalue weighted by Gasteiger charge is 2.21. The smallest absolute Gasteiger partial charge is 0.306 e. The molecule has 0 bridgehead atoms. The number of unbranched alkanes of at least 4 members (excludes halogenated alkanes) is 8. The number of phosphoric ester groups is 1. The summed E-state index contributed by atoms with van der Waals surface area (Å²) in [6.07, 6.45) is 43.7. The zero-order valence-corrected chi connectivity index (χ0v) is 38.5. The molecular weight excluding hydrogens is 781 g/mol. The van der Waals surface area contributed by atoms with Gasteiger partial charge in [0.25, 0.3) is 7.82 Å². The number of likely N-dealkylation sites (N-methyl/N-ethyl adjacent to an activating group) is 1. The molecule has 0 radical (unpaired) electrons. The molecule has 0 saturated heterocycles. The standard InChI is InChI=1S/C48H80NO10P/c1-6-8-10-11-12-13-14-15-16-17-18-19-20-25-33-39-48(53)59-46(43-58-60(54,55)57-41-40-49(3,4)5)42-56-47(52)38-32-24-22-21-23-29-35-45(51)37-31-27-26-30-36-44(50)34-28-9-7-2/h9,12-13,15-16,22-24,26-31,36-37,44-46,50-51H,6-8,10-11,14,17-21,25,32-35,38-43H2,1-5H3/b13-12-,16-15-,24-22-,27-26-,28-9-,29-23-,36-30+,37-31+/t44-,45+,46-/m1/s1. The molecule has 0 fully saturated rings. The van der Waals surface area contributed by atoms with Gasteiger partial charge in [0, 0.05) is 12.8 Å². The summed E-state index contributed by atoms with van der Waals surface area (Å²) in [5.41, 5.74) is 0. The van der Waals surface area contributed by atoms with Gasteiger partial charge >= 0.3 is 11.9 Å². The fourth-order valence-corrected chi connectivity index (χ4v) is 5.96. The lowest BCUT2D eigenvalue weighted by Gasteiger charge is -2.28. The maximum atomic E-state index is 12.7. The third kappa shape index (κ3) is 41.6. The number of esters is 2. The third-order valence-corrected chi connectivity index (χ3v) is 9.73. The molecule has 0 aliphatic carbocycles. The van der Waals surface area contributed by atoms with Gasteiger partial charge < -0.3 is 38.1 Å². The number of nitrogens with zero attached hydrogens (tertiary/aromatic N) is 1. The molecule has 0 aromatic rings. The van der Waals surface area contributed by atoms with E-state index in [-0.39, 0.29) is 26.1 Å². The zero-order chi connectivity index (χ0) is 44.6. The summed E-state index contributed by atoms with van der Waals surface area (Å²) in [5, 5.41) is 20.0. The van der Waals surface area contributed by atoms with Crippen molar-refractivity contribution in [2.24, 2.45) is 0 Å². The molecule has 12 heteroatoms. The molecule has 0 aromatic heterocycles. The van der Waals surface area contributed by atoms with E-state index in [1.54, 1.807) is 36.5 Å². The minimum atomic E-state index is -4.68. The quantitative estimate of drug-likeness (QED) is 0.0153. The highest BCUT2D eigenvalue weighted by atomic mass is 31.2. The van der Waals surface area contributed by atoms with Gasteiger partial charge in [0.05, 0.1) is 40.0 Å². The molecule has 0 aliphatic rings. The van der Waals surface area contributed by atoms with Crippen molar-refractivity contribution >= 4 is 19.8 Å². The summed E-state index contributed by atoms with van der Waals surface area (Å²) >= 11 is 0. The van der Waals surface area contributed by atoms with Crippen molar-refractivity contribution in [2.75, 3.05) is 47.5 Å². The first-order valence-electron chi connectivity index (χ1n) is 22.2. The van der Waals surface area contributed by atoms with Crippen LogP contribution in [-0.2, 0) is 32.7 Å². The summed E-state index contributed by atoms with van der Waals surface area (Å²) in [4.78, 5) is 37.5. The van der Waals surface area contributed by atoms with E-state index in [0.29, 0.717) is 43.1 Å². The van der Waals surface area contributed by atoms with Gasteiger partial charge in [-0.1, -0.05) is 143 Å². The molecule has 0 aliphatic heterocycles. The molecule has 0 heterocycles. The predicted molar refractivity (Wildman–Crippen MR) is 243 cm³/mol. The Bertz CT molecular complexity index is 1380. The van der Waals surface area contributed by atoms with Crippen molar-refractivity contribution in [1.82, 2.24) is 0 Å². The Morgan fingerprint density at radius 1 is 0.633 bits per heavy atom. The van der Waals surface area contributed by atoms with Crippen molar-refractivity contribution in [1.29, 1.82) is 0 Å². The van der Waals surface area contributed by atoms with E-state index < -0.39 is 44.7 Å². The predicted octanol–water partition coefficient (Wildman–Crippen LogP) is 9.88. The average molecular weight is 862 g/mol. The SMILES string of the molecule is CC/C=C\C[C@@H](O)/C=C/C=C\C=C\[C@@H](O)C/C=C\C/C=C\CCC(=O)OC[C@H](COP(=O)([O-])OCC[N+](C)(C)C)OC(=O)CCCCCCC/C=C\C/C=C\CCCCC. The van der Waals surface area contributed by atoms with Gasteiger partial charge in [-0.2, -0.15) is 0 Å². The second-order valence-corrected chi connectivity index (χ2v) is 17.1. The van der Waals surface area contributed by atoms with E-state index >= 15 is 0 Å². The van der Waals surface area contributed by atoms with E-state index in [2.05, 4.69) is 31.2 Å². The summed E-state index contributed by atoms with van der Waals surface area (Å²) < 4.78 is 33.7. The Morgan fingerprint density at radius 2 is 1.18 bits per heavy atom. The molecule has 0 rings (SSSR count). The number of quaternary nitrogens is 1. The summed E-state index contributed by atoms with van der Waals surface area (Å²) in [5.74, 6) is -1.03. The molecule has 0 spiro atoms. The highest BCUT2D eigenvalue weighted by molar-refractivity contribution is 7.45. The van der Waals surface area contributed by atoms with Crippen molar-refractivity contribution in [3.8, 4) is 0 Å². The van der Waals surface area contributed by atoms with E-state index in [0.717, 1.165) is 51.4 Å². The van der Waals surface area contributed by atoms with Gasteiger partial charge in [0.15, 0.2) is 6.10 Å². The lowest BCUT2D eigenvalue weighted by Crippen LogP contribution is -2.37. The normalized spacial score (nSPS) is 15.5. The van der Waals surface area contributed by atoms with Crippen LogP contribution in [0.25, 0.3) is 0 Å². The fraction of sp³-hybridized carbons (Fsp3) is 0.625. The molecule has 1 unspecified atom stereocenters. The summed E-state index contributed by atoms with van der Waals surface area (Å²) in [7, 11) is 1.04. The Kier molecular flexibility index (Phi) is 36.7. The minimum Gasteiger partial charge on any atom is -0.756 e. The zero-order valence-electron chi connectivity index (χ0n) is 37.6.